The molecular formula is C19H25FN4. The third-order valence-corrected chi connectivity index (χ3v) is 3.66. The molecule has 1 aromatic heterocycles. The minimum atomic E-state index is -0.214. The molecule has 0 atom stereocenters. The minimum absolute atomic E-state index is 0.214. The second kappa shape index (κ2) is 9.01. The normalized spacial score (nSPS) is 11.4. The average molecular weight is 328 g/mol. The summed E-state index contributed by atoms with van der Waals surface area (Å²) < 4.78 is 13.0. The van der Waals surface area contributed by atoms with Crippen LogP contribution in [-0.2, 0) is 13.0 Å². The molecule has 0 radical (unpaired) electrons. The van der Waals surface area contributed by atoms with Gasteiger partial charge in [-0.25, -0.2) is 4.39 Å². The van der Waals surface area contributed by atoms with Crippen molar-refractivity contribution >= 4 is 5.96 Å². The van der Waals surface area contributed by atoms with Crippen molar-refractivity contribution in [2.24, 2.45) is 4.99 Å². The van der Waals surface area contributed by atoms with Crippen molar-refractivity contribution in [1.82, 2.24) is 15.2 Å². The maximum Gasteiger partial charge on any atom is 0.193 e. The fourth-order valence-electron chi connectivity index (χ4n) is 2.35. The molecule has 2 aromatic rings. The molecule has 0 saturated heterocycles. The molecule has 0 bridgehead atoms. The van der Waals surface area contributed by atoms with Gasteiger partial charge in [0.05, 0.1) is 0 Å². The minimum Gasteiger partial charge on any atom is -0.357 e. The molecule has 0 amide bonds. The quantitative estimate of drug-likeness (QED) is 0.654. The highest BCUT2D eigenvalue weighted by atomic mass is 19.1. The summed E-state index contributed by atoms with van der Waals surface area (Å²) in [4.78, 5) is 11.0. The maximum absolute atomic E-state index is 13.0. The van der Waals surface area contributed by atoms with E-state index in [-0.39, 0.29) is 5.82 Å². The van der Waals surface area contributed by atoms with Crippen molar-refractivity contribution in [3.63, 3.8) is 0 Å². The van der Waals surface area contributed by atoms with E-state index in [1.807, 2.05) is 38.1 Å². The average Bonchev–Trinajstić information content (AvgIpc) is 2.58. The lowest BCUT2D eigenvalue weighted by molar-refractivity contribution is 0.476. The van der Waals surface area contributed by atoms with E-state index in [9.17, 15) is 4.39 Å². The van der Waals surface area contributed by atoms with Gasteiger partial charge in [0.2, 0.25) is 0 Å². The molecule has 0 fully saturated rings. The number of hydrogen-bond acceptors (Lipinski definition) is 2. The predicted molar refractivity (Wildman–Crippen MR) is 96.5 cm³/mol. The number of nitrogens with one attached hydrogen (secondary N) is 1. The molecule has 0 aliphatic rings. The largest absolute Gasteiger partial charge is 0.357 e. The first kappa shape index (κ1) is 17.9. The summed E-state index contributed by atoms with van der Waals surface area (Å²) in [6.45, 7) is 6.21. The SMILES string of the molecule is CCNC(=NCCc1ccc(C)nc1)N(C)Cc1ccc(F)cc1. The Balaban J connectivity index is 1.95. The molecule has 2 rings (SSSR count). The Morgan fingerprint density at radius 3 is 2.50 bits per heavy atom. The zero-order valence-electron chi connectivity index (χ0n) is 14.6. The molecule has 0 aliphatic heterocycles. The number of rotatable bonds is 6. The topological polar surface area (TPSA) is 40.5 Å². The van der Waals surface area contributed by atoms with Crippen LogP contribution in [0.5, 0.6) is 0 Å². The van der Waals surface area contributed by atoms with Gasteiger partial charge in [-0.15, -0.1) is 0 Å². The van der Waals surface area contributed by atoms with Gasteiger partial charge in [0.25, 0.3) is 0 Å². The summed E-state index contributed by atoms with van der Waals surface area (Å²) in [5, 5.41) is 3.30. The van der Waals surface area contributed by atoms with Gasteiger partial charge in [0.15, 0.2) is 5.96 Å². The number of guanidine groups is 1. The van der Waals surface area contributed by atoms with Crippen molar-refractivity contribution in [2.75, 3.05) is 20.1 Å². The van der Waals surface area contributed by atoms with Crippen LogP contribution in [0.1, 0.15) is 23.7 Å². The van der Waals surface area contributed by atoms with Crippen LogP contribution in [0.2, 0.25) is 0 Å². The molecule has 1 N–H and O–H groups in total. The highest BCUT2D eigenvalue weighted by Crippen LogP contribution is 2.06. The Labute approximate surface area is 143 Å². The third kappa shape index (κ3) is 5.65. The smallest absolute Gasteiger partial charge is 0.193 e. The Bertz CT molecular complexity index is 650. The van der Waals surface area contributed by atoms with Gasteiger partial charge in [0, 0.05) is 38.6 Å². The molecule has 5 heteroatoms. The van der Waals surface area contributed by atoms with Crippen molar-refractivity contribution in [1.29, 1.82) is 0 Å². The number of pyridine rings is 1. The molecule has 1 aromatic carbocycles. The maximum atomic E-state index is 13.0. The Morgan fingerprint density at radius 2 is 1.88 bits per heavy atom. The van der Waals surface area contributed by atoms with E-state index in [0.29, 0.717) is 13.1 Å². The van der Waals surface area contributed by atoms with Crippen LogP contribution in [0.25, 0.3) is 0 Å². The Morgan fingerprint density at radius 1 is 1.17 bits per heavy atom. The van der Waals surface area contributed by atoms with E-state index in [4.69, 9.17) is 0 Å². The van der Waals surface area contributed by atoms with Crippen molar-refractivity contribution in [2.45, 2.75) is 26.8 Å². The number of aromatic nitrogens is 1. The molecule has 128 valence electrons. The summed E-state index contributed by atoms with van der Waals surface area (Å²) in [5.41, 5.74) is 3.25. The van der Waals surface area contributed by atoms with Crippen LogP contribution >= 0.6 is 0 Å². The van der Waals surface area contributed by atoms with E-state index in [1.54, 1.807) is 12.1 Å². The van der Waals surface area contributed by atoms with Gasteiger partial charge in [-0.3, -0.25) is 9.98 Å². The van der Waals surface area contributed by atoms with Crippen LogP contribution in [0.4, 0.5) is 4.39 Å². The van der Waals surface area contributed by atoms with Gasteiger partial charge in [-0.05, 0) is 49.6 Å². The van der Waals surface area contributed by atoms with Gasteiger partial charge in [-0.2, -0.15) is 0 Å². The van der Waals surface area contributed by atoms with E-state index in [1.165, 1.54) is 17.7 Å². The molecule has 0 aliphatic carbocycles. The molecule has 4 nitrogen and oxygen atoms in total. The fraction of sp³-hybridized carbons (Fsp3) is 0.368. The third-order valence-electron chi connectivity index (χ3n) is 3.66. The molecular weight excluding hydrogens is 303 g/mol. The summed E-state index contributed by atoms with van der Waals surface area (Å²) in [7, 11) is 1.98. The van der Waals surface area contributed by atoms with Crippen LogP contribution in [-0.4, -0.2) is 36.0 Å². The van der Waals surface area contributed by atoms with E-state index >= 15 is 0 Å². The second-order valence-corrected chi connectivity index (χ2v) is 5.78. The van der Waals surface area contributed by atoms with E-state index in [0.717, 1.165) is 30.2 Å². The lowest BCUT2D eigenvalue weighted by Crippen LogP contribution is -2.38. The van der Waals surface area contributed by atoms with Crippen LogP contribution in [0.3, 0.4) is 0 Å². The Kier molecular flexibility index (Phi) is 6.73. The van der Waals surface area contributed by atoms with Gasteiger partial charge < -0.3 is 10.2 Å². The van der Waals surface area contributed by atoms with Crippen LogP contribution < -0.4 is 5.32 Å². The molecule has 24 heavy (non-hydrogen) atoms. The Hall–Kier alpha value is -2.43. The summed E-state index contributed by atoms with van der Waals surface area (Å²) >= 11 is 0. The first-order valence-corrected chi connectivity index (χ1v) is 8.24. The summed E-state index contributed by atoms with van der Waals surface area (Å²) in [6, 6.07) is 10.7. The molecule has 0 saturated carbocycles. The molecule has 0 spiro atoms. The van der Waals surface area contributed by atoms with Gasteiger partial charge >= 0.3 is 0 Å². The number of hydrogen-bond donors (Lipinski definition) is 1. The lowest BCUT2D eigenvalue weighted by Gasteiger charge is -2.22. The lowest BCUT2D eigenvalue weighted by atomic mass is 10.2. The predicted octanol–water partition coefficient (Wildman–Crippen LogP) is 3.17. The van der Waals surface area contributed by atoms with Gasteiger partial charge in [0.1, 0.15) is 5.82 Å². The summed E-state index contributed by atoms with van der Waals surface area (Å²) in [5.74, 6) is 0.635. The van der Waals surface area contributed by atoms with Crippen molar-refractivity contribution in [3.05, 3.63) is 65.2 Å². The van der Waals surface area contributed by atoms with Crippen LogP contribution in [0.15, 0.2) is 47.6 Å². The number of aliphatic imine (C=N–C) groups is 1. The number of benzene rings is 1. The zero-order valence-corrected chi connectivity index (χ0v) is 14.6. The highest BCUT2D eigenvalue weighted by Gasteiger charge is 2.06. The first-order valence-electron chi connectivity index (χ1n) is 8.24. The van der Waals surface area contributed by atoms with Crippen molar-refractivity contribution in [3.8, 4) is 0 Å². The highest BCUT2D eigenvalue weighted by molar-refractivity contribution is 5.79. The van der Waals surface area contributed by atoms with Crippen LogP contribution in [0, 0.1) is 12.7 Å². The monoisotopic (exact) mass is 328 g/mol. The van der Waals surface area contributed by atoms with E-state index in [2.05, 4.69) is 21.4 Å². The summed E-state index contributed by atoms with van der Waals surface area (Å²) in [6.07, 6.45) is 2.76. The number of nitrogens with zero attached hydrogens (tertiary/aromatic N) is 3. The number of aryl methyl sites for hydroxylation is 1. The zero-order chi connectivity index (χ0) is 17.4. The van der Waals surface area contributed by atoms with Crippen molar-refractivity contribution < 1.29 is 4.39 Å². The molecule has 0 unspecified atom stereocenters. The fourth-order valence-corrected chi connectivity index (χ4v) is 2.35. The second-order valence-electron chi connectivity index (χ2n) is 5.78. The first-order chi connectivity index (χ1) is 11.6. The van der Waals surface area contributed by atoms with Gasteiger partial charge in [-0.1, -0.05) is 18.2 Å². The standard InChI is InChI=1S/C19H25FN4/c1-4-21-19(22-12-11-16-6-5-15(2)23-13-16)24(3)14-17-7-9-18(20)10-8-17/h5-10,13H,4,11-12,14H2,1-3H3,(H,21,22). The number of halogens is 1. The van der Waals surface area contributed by atoms with E-state index < -0.39 is 0 Å². The molecule has 1 heterocycles.